The number of carbonyl (C=O) groups is 1. The van der Waals surface area contributed by atoms with Gasteiger partial charge in [0.2, 0.25) is 0 Å². The van der Waals surface area contributed by atoms with Gasteiger partial charge < -0.3 is 4.74 Å². The third kappa shape index (κ3) is 6.00. The predicted octanol–water partition coefficient (Wildman–Crippen LogP) is 2.90. The van der Waals surface area contributed by atoms with Gasteiger partial charge in [0.15, 0.2) is 0 Å². The molecule has 1 aromatic rings. The molecular weight excluding hydrogens is 176 g/mol. The first-order chi connectivity index (χ1) is 6.74. The number of methoxy groups -OCH3 is 1. The van der Waals surface area contributed by atoms with Crippen LogP contribution in [0.1, 0.15) is 18.9 Å². The number of hydrogen-bond acceptors (Lipinski definition) is 2. The molecule has 14 heavy (non-hydrogen) atoms. The molecule has 1 aromatic carbocycles. The number of carbonyl (C=O) groups excluding carboxylic acids is 1. The smallest absolute Gasteiger partial charge is 0.305 e. The molecule has 0 bridgehead atoms. The van der Waals surface area contributed by atoms with E-state index in [-0.39, 0.29) is 5.97 Å². The molecule has 0 atom stereocenters. The van der Waals surface area contributed by atoms with Crippen LogP contribution < -0.4 is 0 Å². The molecule has 0 fully saturated rings. The van der Waals surface area contributed by atoms with Gasteiger partial charge in [-0.1, -0.05) is 49.9 Å². The second-order valence-electron chi connectivity index (χ2n) is 2.54. The van der Waals surface area contributed by atoms with Crippen LogP contribution in [0.5, 0.6) is 0 Å². The topological polar surface area (TPSA) is 26.3 Å². The molecule has 0 aromatic heterocycles. The number of benzene rings is 1. The van der Waals surface area contributed by atoms with E-state index < -0.39 is 0 Å². The minimum Gasteiger partial charge on any atom is -0.469 e. The Morgan fingerprint density at radius 3 is 2.21 bits per heavy atom. The van der Waals surface area contributed by atoms with Gasteiger partial charge in [0, 0.05) is 6.42 Å². The molecule has 0 saturated heterocycles. The summed E-state index contributed by atoms with van der Waals surface area (Å²) in [5, 5.41) is 0. The van der Waals surface area contributed by atoms with E-state index in [1.165, 1.54) is 12.7 Å². The van der Waals surface area contributed by atoms with Crippen molar-refractivity contribution in [3.05, 3.63) is 42.5 Å². The van der Waals surface area contributed by atoms with Crippen LogP contribution in [-0.2, 0) is 9.53 Å². The third-order valence-corrected chi connectivity index (χ3v) is 1.55. The molecule has 0 amide bonds. The van der Waals surface area contributed by atoms with Gasteiger partial charge in [-0.3, -0.25) is 4.79 Å². The van der Waals surface area contributed by atoms with E-state index in [0.717, 1.165) is 0 Å². The summed E-state index contributed by atoms with van der Waals surface area (Å²) in [5.74, 6) is -0.157. The second kappa shape index (κ2) is 8.05. The summed E-state index contributed by atoms with van der Waals surface area (Å²) in [6.45, 7) is 5.39. The lowest BCUT2D eigenvalue weighted by Crippen LogP contribution is -1.94. The maximum absolute atomic E-state index is 9.96. The summed E-state index contributed by atoms with van der Waals surface area (Å²) in [5.41, 5.74) is 1.17. The highest BCUT2D eigenvalue weighted by atomic mass is 16.5. The highest BCUT2D eigenvalue weighted by Crippen LogP contribution is 1.97. The number of ether oxygens (including phenoxy) is 1. The molecule has 0 radical (unpaired) electrons. The molecule has 76 valence electrons. The average Bonchev–Trinajstić information content (AvgIpc) is 2.30. The van der Waals surface area contributed by atoms with Crippen molar-refractivity contribution < 1.29 is 9.53 Å². The predicted molar refractivity (Wildman–Crippen MR) is 58.8 cm³/mol. The van der Waals surface area contributed by atoms with Gasteiger partial charge in [-0.05, 0) is 5.56 Å². The van der Waals surface area contributed by atoms with Crippen LogP contribution in [0, 0.1) is 0 Å². The minimum atomic E-state index is -0.157. The van der Waals surface area contributed by atoms with E-state index >= 15 is 0 Å². The van der Waals surface area contributed by atoms with Gasteiger partial charge in [0.1, 0.15) is 0 Å². The lowest BCUT2D eigenvalue weighted by molar-refractivity contribution is -0.140. The fourth-order valence-electron chi connectivity index (χ4n) is 0.733. The van der Waals surface area contributed by atoms with Crippen molar-refractivity contribution in [1.29, 1.82) is 0 Å². The Balaban J connectivity index is 0.000000255. The summed E-state index contributed by atoms with van der Waals surface area (Å²) >= 11 is 0. The molecule has 1 rings (SSSR count). The molecule has 0 heterocycles. The molecular formula is C12H16O2. The van der Waals surface area contributed by atoms with Crippen LogP contribution in [0.2, 0.25) is 0 Å². The highest BCUT2D eigenvalue weighted by molar-refractivity contribution is 5.68. The van der Waals surface area contributed by atoms with Gasteiger partial charge >= 0.3 is 5.97 Å². The van der Waals surface area contributed by atoms with Crippen LogP contribution in [0.15, 0.2) is 36.9 Å². The molecule has 0 aliphatic carbocycles. The number of hydrogen-bond donors (Lipinski definition) is 0. The lowest BCUT2D eigenvalue weighted by Gasteiger charge is -1.87. The fraction of sp³-hybridized carbons (Fsp3) is 0.250. The Kier molecular flexibility index (Phi) is 7.15. The molecule has 0 aliphatic rings. The molecule has 0 N–H and O–H groups in total. The Hall–Kier alpha value is -1.57. The number of rotatable bonds is 2. The first-order valence-electron chi connectivity index (χ1n) is 4.48. The van der Waals surface area contributed by atoms with E-state index in [1.54, 1.807) is 6.92 Å². The van der Waals surface area contributed by atoms with Gasteiger partial charge in [0.25, 0.3) is 0 Å². The lowest BCUT2D eigenvalue weighted by atomic mass is 10.2. The van der Waals surface area contributed by atoms with Crippen molar-refractivity contribution >= 4 is 12.0 Å². The van der Waals surface area contributed by atoms with Crippen molar-refractivity contribution in [2.24, 2.45) is 0 Å². The Labute approximate surface area is 85.2 Å². The van der Waals surface area contributed by atoms with Crippen LogP contribution in [0.3, 0.4) is 0 Å². The normalized spacial score (nSPS) is 8.14. The Morgan fingerprint density at radius 1 is 1.43 bits per heavy atom. The van der Waals surface area contributed by atoms with E-state index in [0.29, 0.717) is 6.42 Å². The van der Waals surface area contributed by atoms with E-state index in [2.05, 4.69) is 11.3 Å². The summed E-state index contributed by atoms with van der Waals surface area (Å²) in [6.07, 6.45) is 2.30. The zero-order chi connectivity index (χ0) is 10.8. The van der Waals surface area contributed by atoms with Crippen molar-refractivity contribution in [2.75, 3.05) is 7.11 Å². The van der Waals surface area contributed by atoms with Gasteiger partial charge in [-0.15, -0.1) is 0 Å². The zero-order valence-electron chi connectivity index (χ0n) is 8.69. The van der Waals surface area contributed by atoms with Crippen molar-refractivity contribution in [2.45, 2.75) is 13.3 Å². The zero-order valence-corrected chi connectivity index (χ0v) is 8.69. The molecule has 2 heteroatoms. The monoisotopic (exact) mass is 192 g/mol. The standard InChI is InChI=1S/C8H8.C4H8O2/c1-2-8-6-4-3-5-7-8;1-3-4(5)6-2/h2-7H,1H2;3H2,1-2H3. The second-order valence-corrected chi connectivity index (χ2v) is 2.54. The van der Waals surface area contributed by atoms with E-state index in [9.17, 15) is 4.79 Å². The Bertz CT molecular complexity index is 259. The summed E-state index contributed by atoms with van der Waals surface area (Å²) in [4.78, 5) is 9.96. The van der Waals surface area contributed by atoms with Gasteiger partial charge in [-0.25, -0.2) is 0 Å². The Morgan fingerprint density at radius 2 is 2.00 bits per heavy atom. The quantitative estimate of drug-likeness (QED) is 0.673. The van der Waals surface area contributed by atoms with Gasteiger partial charge in [-0.2, -0.15) is 0 Å². The van der Waals surface area contributed by atoms with Crippen LogP contribution in [-0.4, -0.2) is 13.1 Å². The maximum atomic E-state index is 9.96. The maximum Gasteiger partial charge on any atom is 0.305 e. The molecule has 2 nitrogen and oxygen atoms in total. The first kappa shape index (κ1) is 12.4. The van der Waals surface area contributed by atoms with E-state index in [1.807, 2.05) is 36.4 Å². The number of esters is 1. The molecule has 0 saturated carbocycles. The molecule has 0 spiro atoms. The van der Waals surface area contributed by atoms with Crippen LogP contribution in [0.4, 0.5) is 0 Å². The summed E-state index contributed by atoms with van der Waals surface area (Å²) in [6, 6.07) is 10.0. The van der Waals surface area contributed by atoms with Crippen LogP contribution in [0.25, 0.3) is 6.08 Å². The van der Waals surface area contributed by atoms with Crippen molar-refractivity contribution in [3.8, 4) is 0 Å². The van der Waals surface area contributed by atoms with Gasteiger partial charge in [0.05, 0.1) is 7.11 Å². The highest BCUT2D eigenvalue weighted by Gasteiger charge is 1.87. The SMILES string of the molecule is C=Cc1ccccc1.CCC(=O)OC. The van der Waals surface area contributed by atoms with Crippen LogP contribution >= 0.6 is 0 Å². The molecule has 0 aliphatic heterocycles. The summed E-state index contributed by atoms with van der Waals surface area (Å²) < 4.78 is 4.26. The van der Waals surface area contributed by atoms with Crippen molar-refractivity contribution in [1.82, 2.24) is 0 Å². The van der Waals surface area contributed by atoms with Crippen molar-refractivity contribution in [3.63, 3.8) is 0 Å². The first-order valence-corrected chi connectivity index (χ1v) is 4.48. The average molecular weight is 192 g/mol. The minimum absolute atomic E-state index is 0.157. The third-order valence-electron chi connectivity index (χ3n) is 1.55. The van der Waals surface area contributed by atoms with E-state index in [4.69, 9.17) is 0 Å². The molecule has 0 unspecified atom stereocenters. The largest absolute Gasteiger partial charge is 0.469 e. The fourth-order valence-corrected chi connectivity index (χ4v) is 0.733. The summed E-state index contributed by atoms with van der Waals surface area (Å²) in [7, 11) is 1.38.